The molecule has 0 aromatic heterocycles. The molecule has 0 aliphatic heterocycles. The second-order valence-corrected chi connectivity index (χ2v) is 12.2. The molecule has 0 aromatic rings. The van der Waals surface area contributed by atoms with Crippen molar-refractivity contribution < 1.29 is 15.0 Å². The van der Waals surface area contributed by atoms with Crippen LogP contribution in [0, 0.1) is 0 Å². The first-order chi connectivity index (χ1) is 23.7. The minimum absolute atomic E-state index is 0.127. The van der Waals surface area contributed by atoms with Gasteiger partial charge in [0.25, 0.3) is 0 Å². The molecule has 0 aliphatic carbocycles. The molecule has 3 N–H and O–H groups in total. The summed E-state index contributed by atoms with van der Waals surface area (Å²) in [6.45, 7) is 4.11. The van der Waals surface area contributed by atoms with Gasteiger partial charge in [-0.1, -0.05) is 149 Å². The van der Waals surface area contributed by atoms with Crippen LogP contribution in [-0.4, -0.2) is 34.9 Å². The lowest BCUT2D eigenvalue weighted by Gasteiger charge is -2.19. The monoisotopic (exact) mass is 662 g/mol. The van der Waals surface area contributed by atoms with E-state index in [0.717, 1.165) is 83.5 Å². The van der Waals surface area contributed by atoms with Gasteiger partial charge in [0.15, 0.2) is 0 Å². The molecule has 4 nitrogen and oxygen atoms in total. The van der Waals surface area contributed by atoms with Crippen LogP contribution in [0.25, 0.3) is 0 Å². The van der Waals surface area contributed by atoms with Crippen molar-refractivity contribution in [2.45, 2.75) is 154 Å². The predicted octanol–water partition coefficient (Wildman–Crippen LogP) is 11.7. The van der Waals surface area contributed by atoms with Gasteiger partial charge < -0.3 is 15.5 Å². The SMILES string of the molecule is CC/C=C\C/C=C\C/C=C\C/C=C\C/C=C\C/C=C\CCCCC(=O)NC(CO)C(O)/C=C/CC/C=C/CC/C=C/CCCCCCC. The summed E-state index contributed by atoms with van der Waals surface area (Å²) in [5, 5.41) is 22.8. The van der Waals surface area contributed by atoms with Gasteiger partial charge in [-0.3, -0.25) is 4.79 Å². The topological polar surface area (TPSA) is 69.6 Å². The Hall–Kier alpha value is -2.95. The smallest absolute Gasteiger partial charge is 0.220 e. The summed E-state index contributed by atoms with van der Waals surface area (Å²) in [6, 6.07) is -0.675. The minimum Gasteiger partial charge on any atom is -0.394 e. The Morgan fingerprint density at radius 1 is 0.521 bits per heavy atom. The van der Waals surface area contributed by atoms with Crippen LogP contribution in [0.15, 0.2) is 109 Å². The van der Waals surface area contributed by atoms with Gasteiger partial charge in [0.05, 0.1) is 18.8 Å². The van der Waals surface area contributed by atoms with Gasteiger partial charge in [-0.2, -0.15) is 0 Å². The number of carbonyl (C=O) groups excluding carboxylic acids is 1. The van der Waals surface area contributed by atoms with Crippen molar-refractivity contribution in [1.29, 1.82) is 0 Å². The molecule has 1 amide bonds. The van der Waals surface area contributed by atoms with Crippen LogP contribution in [0.1, 0.15) is 142 Å². The zero-order valence-electron chi connectivity index (χ0n) is 30.7. The van der Waals surface area contributed by atoms with Gasteiger partial charge >= 0.3 is 0 Å². The van der Waals surface area contributed by atoms with Crippen molar-refractivity contribution >= 4 is 5.91 Å². The third-order valence-corrected chi connectivity index (χ3v) is 7.72. The molecule has 0 spiro atoms. The summed E-state index contributed by atoms with van der Waals surface area (Å²) in [5.41, 5.74) is 0. The maximum Gasteiger partial charge on any atom is 0.220 e. The molecule has 0 bridgehead atoms. The fourth-order valence-corrected chi connectivity index (χ4v) is 4.80. The van der Waals surface area contributed by atoms with Gasteiger partial charge in [-0.05, 0) is 96.3 Å². The van der Waals surface area contributed by atoms with E-state index >= 15 is 0 Å². The molecule has 0 heterocycles. The standard InChI is InChI=1S/C44H71NO3/c1-3-5-7-9-11-13-15-17-19-20-21-22-23-24-26-28-30-32-34-36-38-40-44(48)45-42(41-46)43(47)39-37-35-33-31-29-27-25-18-16-14-12-10-8-6-4-2/h5,7,11,13,16-19,21-22,24,26,29-32,37,39,42-43,46-47H,3-4,6,8-10,12,14-15,20,23,25,27-28,33-36,38,40-41H2,1-2H3,(H,45,48)/b7-5-,13-11-,18-16+,19-17-,22-21-,26-24-,31-29+,32-30-,39-37+. The lowest BCUT2D eigenvalue weighted by molar-refractivity contribution is -0.123. The highest BCUT2D eigenvalue weighted by atomic mass is 16.3. The molecule has 0 saturated heterocycles. The molecule has 0 aliphatic rings. The fraction of sp³-hybridized carbons (Fsp3) is 0.568. The number of nitrogens with one attached hydrogen (secondary N) is 1. The van der Waals surface area contributed by atoms with Gasteiger partial charge in [0.2, 0.25) is 5.91 Å². The third kappa shape index (κ3) is 34.4. The number of aliphatic hydroxyl groups excluding tert-OH is 2. The first kappa shape index (κ1) is 45.1. The van der Waals surface area contributed by atoms with Crippen molar-refractivity contribution in [2.75, 3.05) is 6.61 Å². The van der Waals surface area contributed by atoms with Crippen LogP contribution < -0.4 is 5.32 Å². The number of carbonyl (C=O) groups is 1. The van der Waals surface area contributed by atoms with Gasteiger partial charge in [0, 0.05) is 6.42 Å². The second kappa shape index (κ2) is 38.5. The molecule has 0 saturated carbocycles. The Labute approximate surface area is 296 Å². The zero-order chi connectivity index (χ0) is 35.0. The number of hydrogen-bond acceptors (Lipinski definition) is 3. The number of unbranched alkanes of at least 4 members (excludes halogenated alkanes) is 9. The maximum absolute atomic E-state index is 12.3. The zero-order valence-corrected chi connectivity index (χ0v) is 30.7. The number of aliphatic hydroxyl groups is 2. The molecule has 0 rings (SSSR count). The lowest BCUT2D eigenvalue weighted by atomic mass is 10.1. The van der Waals surface area contributed by atoms with Crippen molar-refractivity contribution in [3.8, 4) is 0 Å². The number of hydrogen-bond donors (Lipinski definition) is 3. The van der Waals surface area contributed by atoms with Crippen LogP contribution in [0.4, 0.5) is 0 Å². The Kier molecular flexibility index (Phi) is 36.1. The Morgan fingerprint density at radius 3 is 1.44 bits per heavy atom. The first-order valence-corrected chi connectivity index (χ1v) is 19.1. The van der Waals surface area contributed by atoms with Crippen molar-refractivity contribution in [3.63, 3.8) is 0 Å². The molecule has 2 unspecified atom stereocenters. The van der Waals surface area contributed by atoms with E-state index in [2.05, 4.69) is 116 Å². The first-order valence-electron chi connectivity index (χ1n) is 19.1. The fourth-order valence-electron chi connectivity index (χ4n) is 4.80. The van der Waals surface area contributed by atoms with E-state index in [1.807, 2.05) is 6.08 Å². The van der Waals surface area contributed by atoms with Crippen LogP contribution in [-0.2, 0) is 4.79 Å². The quantitative estimate of drug-likeness (QED) is 0.0496. The molecule has 0 aromatic carbocycles. The van der Waals surface area contributed by atoms with Crippen LogP contribution in [0.2, 0.25) is 0 Å². The maximum atomic E-state index is 12.3. The summed E-state index contributed by atoms with van der Waals surface area (Å²) < 4.78 is 0. The van der Waals surface area contributed by atoms with Crippen LogP contribution >= 0.6 is 0 Å². The summed E-state index contributed by atoms with van der Waals surface area (Å²) >= 11 is 0. The molecule has 270 valence electrons. The molecule has 48 heavy (non-hydrogen) atoms. The second-order valence-electron chi connectivity index (χ2n) is 12.2. The van der Waals surface area contributed by atoms with Crippen LogP contribution in [0.3, 0.4) is 0 Å². The van der Waals surface area contributed by atoms with E-state index in [9.17, 15) is 15.0 Å². The Morgan fingerprint density at radius 2 is 0.938 bits per heavy atom. The summed E-state index contributed by atoms with van der Waals surface area (Å²) in [5.74, 6) is -0.127. The summed E-state index contributed by atoms with van der Waals surface area (Å²) in [7, 11) is 0. The molecular formula is C44H71NO3. The van der Waals surface area contributed by atoms with E-state index in [0.29, 0.717) is 6.42 Å². The highest BCUT2D eigenvalue weighted by Gasteiger charge is 2.17. The van der Waals surface area contributed by atoms with Gasteiger partial charge in [0.1, 0.15) is 0 Å². The normalized spacial score (nSPS) is 14.3. The number of amides is 1. The third-order valence-electron chi connectivity index (χ3n) is 7.72. The number of allylic oxidation sites excluding steroid dienone is 17. The van der Waals surface area contributed by atoms with Crippen LogP contribution in [0.5, 0.6) is 0 Å². The highest BCUT2D eigenvalue weighted by Crippen LogP contribution is 2.07. The van der Waals surface area contributed by atoms with Crippen molar-refractivity contribution in [1.82, 2.24) is 5.32 Å². The largest absolute Gasteiger partial charge is 0.394 e. The summed E-state index contributed by atoms with van der Waals surface area (Å²) in [4.78, 5) is 12.3. The summed E-state index contributed by atoms with van der Waals surface area (Å²) in [6.07, 6.45) is 58.9. The van der Waals surface area contributed by atoms with E-state index in [-0.39, 0.29) is 12.5 Å². The van der Waals surface area contributed by atoms with Crippen molar-refractivity contribution in [2.24, 2.45) is 0 Å². The predicted molar refractivity (Wildman–Crippen MR) is 211 cm³/mol. The van der Waals surface area contributed by atoms with E-state index in [1.54, 1.807) is 6.08 Å². The minimum atomic E-state index is -0.895. The molecule has 0 radical (unpaired) electrons. The molecule has 4 heteroatoms. The lowest BCUT2D eigenvalue weighted by Crippen LogP contribution is -2.45. The molecular weight excluding hydrogens is 590 g/mol. The Bertz CT molecular complexity index is 979. The van der Waals surface area contributed by atoms with Gasteiger partial charge in [-0.15, -0.1) is 0 Å². The van der Waals surface area contributed by atoms with Gasteiger partial charge in [-0.25, -0.2) is 0 Å². The molecule has 0 fully saturated rings. The average Bonchev–Trinajstić information content (AvgIpc) is 3.09. The average molecular weight is 662 g/mol. The van der Waals surface area contributed by atoms with E-state index in [1.165, 1.54) is 38.5 Å². The molecule has 2 atom stereocenters. The van der Waals surface area contributed by atoms with E-state index in [4.69, 9.17) is 0 Å². The van der Waals surface area contributed by atoms with Crippen molar-refractivity contribution in [3.05, 3.63) is 109 Å². The number of rotatable bonds is 32. The highest BCUT2D eigenvalue weighted by molar-refractivity contribution is 5.76. The van der Waals surface area contributed by atoms with E-state index < -0.39 is 12.1 Å². The Balaban J connectivity index is 3.85.